The second kappa shape index (κ2) is 11.8. The third kappa shape index (κ3) is 5.67. The van der Waals surface area contributed by atoms with Gasteiger partial charge < -0.3 is 18.9 Å². The van der Waals surface area contributed by atoms with Gasteiger partial charge in [0.1, 0.15) is 0 Å². The fourth-order valence-electron chi connectivity index (χ4n) is 4.21. The summed E-state index contributed by atoms with van der Waals surface area (Å²) in [4.78, 5) is 27.0. The van der Waals surface area contributed by atoms with E-state index in [0.29, 0.717) is 22.8 Å². The maximum absolute atomic E-state index is 13.4. The number of carbonyl (C=O) groups excluding carboxylic acids is 2. The number of ketones is 1. The largest absolute Gasteiger partial charge is 0.493 e. The first-order valence-corrected chi connectivity index (χ1v) is 12.5. The molecular weight excluding hydrogens is 488 g/mol. The molecule has 0 saturated carbocycles. The van der Waals surface area contributed by atoms with E-state index in [9.17, 15) is 9.59 Å². The van der Waals surface area contributed by atoms with Gasteiger partial charge in [0.05, 0.1) is 34.9 Å². The summed E-state index contributed by atoms with van der Waals surface area (Å²) in [5.41, 5.74) is 4.14. The molecule has 0 unspecified atom stereocenters. The molecule has 0 spiro atoms. The second-order valence-corrected chi connectivity index (χ2v) is 9.41. The Labute approximate surface area is 220 Å². The fraction of sp³-hybridized carbons (Fsp3) is 0.200. The van der Waals surface area contributed by atoms with Gasteiger partial charge in [-0.3, -0.25) is 9.59 Å². The molecule has 37 heavy (non-hydrogen) atoms. The van der Waals surface area contributed by atoms with E-state index < -0.39 is 0 Å². The summed E-state index contributed by atoms with van der Waals surface area (Å²) >= 11 is 1.53. The molecule has 7 heteroatoms. The van der Waals surface area contributed by atoms with Crippen LogP contribution in [0.3, 0.4) is 0 Å². The third-order valence-electron chi connectivity index (χ3n) is 6.04. The molecule has 1 aromatic heterocycles. The molecule has 0 aliphatic rings. The van der Waals surface area contributed by atoms with E-state index in [1.54, 1.807) is 21.3 Å². The molecule has 3 aromatic carbocycles. The zero-order valence-electron chi connectivity index (χ0n) is 21.2. The Morgan fingerprint density at radius 2 is 1.51 bits per heavy atom. The van der Waals surface area contributed by atoms with Crippen molar-refractivity contribution < 1.29 is 28.5 Å². The van der Waals surface area contributed by atoms with Crippen molar-refractivity contribution in [3.63, 3.8) is 0 Å². The van der Waals surface area contributed by atoms with Crippen molar-refractivity contribution in [2.24, 2.45) is 0 Å². The number of hydrogen-bond donors (Lipinski definition) is 0. The monoisotopic (exact) mass is 516 g/mol. The zero-order valence-corrected chi connectivity index (χ0v) is 22.0. The lowest BCUT2D eigenvalue weighted by Crippen LogP contribution is -2.05. The molecule has 0 aliphatic carbocycles. The van der Waals surface area contributed by atoms with Crippen molar-refractivity contribution in [2.45, 2.75) is 12.8 Å². The highest BCUT2D eigenvalue weighted by atomic mass is 32.1. The van der Waals surface area contributed by atoms with E-state index in [-0.39, 0.29) is 24.6 Å². The molecule has 6 nitrogen and oxygen atoms in total. The van der Waals surface area contributed by atoms with E-state index in [1.807, 2.05) is 72.8 Å². The Balaban J connectivity index is 1.62. The number of esters is 1. The van der Waals surface area contributed by atoms with E-state index >= 15 is 0 Å². The number of methoxy groups -OCH3 is 4. The summed E-state index contributed by atoms with van der Waals surface area (Å²) in [7, 11) is 6.10. The maximum Gasteiger partial charge on any atom is 0.310 e. The van der Waals surface area contributed by atoms with Crippen molar-refractivity contribution in [2.75, 3.05) is 28.4 Å². The number of rotatable bonds is 10. The van der Waals surface area contributed by atoms with Gasteiger partial charge in [-0.25, -0.2) is 0 Å². The predicted octanol–water partition coefficient (Wildman–Crippen LogP) is 6.25. The number of thiophene rings is 1. The molecule has 0 bridgehead atoms. The van der Waals surface area contributed by atoms with Crippen molar-refractivity contribution in [3.8, 4) is 38.8 Å². The van der Waals surface area contributed by atoms with Crippen molar-refractivity contribution in [1.82, 2.24) is 0 Å². The van der Waals surface area contributed by atoms with Crippen LogP contribution in [-0.4, -0.2) is 40.2 Å². The fourth-order valence-corrected chi connectivity index (χ4v) is 5.26. The molecule has 4 aromatic rings. The molecule has 4 rings (SSSR count). The van der Waals surface area contributed by atoms with Gasteiger partial charge in [0, 0.05) is 27.3 Å². The first-order valence-electron chi connectivity index (χ1n) is 11.7. The highest BCUT2D eigenvalue weighted by molar-refractivity contribution is 7.15. The minimum absolute atomic E-state index is 0.0000777. The average Bonchev–Trinajstić information content (AvgIpc) is 3.40. The van der Waals surface area contributed by atoms with Crippen LogP contribution in [0.15, 0.2) is 72.8 Å². The van der Waals surface area contributed by atoms with Gasteiger partial charge in [-0.1, -0.05) is 42.5 Å². The Morgan fingerprint density at radius 1 is 0.730 bits per heavy atom. The highest BCUT2D eigenvalue weighted by Crippen LogP contribution is 2.44. The lowest BCUT2D eigenvalue weighted by Gasteiger charge is -2.16. The van der Waals surface area contributed by atoms with E-state index in [0.717, 1.165) is 32.0 Å². The molecule has 0 saturated heterocycles. The smallest absolute Gasteiger partial charge is 0.310 e. The van der Waals surface area contributed by atoms with E-state index in [1.165, 1.54) is 18.4 Å². The van der Waals surface area contributed by atoms with Crippen LogP contribution in [0.4, 0.5) is 0 Å². The van der Waals surface area contributed by atoms with Crippen LogP contribution >= 0.6 is 11.3 Å². The molecule has 0 radical (unpaired) electrons. The number of carbonyl (C=O) groups is 2. The number of benzene rings is 3. The lowest BCUT2D eigenvalue weighted by atomic mass is 9.95. The van der Waals surface area contributed by atoms with Gasteiger partial charge in [0.2, 0.25) is 5.75 Å². The number of hydrogen-bond acceptors (Lipinski definition) is 7. The lowest BCUT2D eigenvalue weighted by molar-refractivity contribution is -0.139. The van der Waals surface area contributed by atoms with Crippen molar-refractivity contribution >= 4 is 23.1 Å². The predicted molar refractivity (Wildman–Crippen MR) is 145 cm³/mol. The van der Waals surface area contributed by atoms with Crippen LogP contribution in [-0.2, 0) is 22.4 Å². The van der Waals surface area contributed by atoms with Gasteiger partial charge in [0.25, 0.3) is 0 Å². The first-order chi connectivity index (χ1) is 18.0. The Kier molecular flexibility index (Phi) is 8.25. The normalized spacial score (nSPS) is 10.6. The Morgan fingerprint density at radius 3 is 2.24 bits per heavy atom. The van der Waals surface area contributed by atoms with Gasteiger partial charge in [0.15, 0.2) is 17.3 Å². The quantitative estimate of drug-likeness (QED) is 0.183. The minimum Gasteiger partial charge on any atom is -0.493 e. The average molecular weight is 517 g/mol. The van der Waals surface area contributed by atoms with Crippen LogP contribution in [0.5, 0.6) is 17.2 Å². The summed E-state index contributed by atoms with van der Waals surface area (Å²) in [6, 6.07) is 23.0. The third-order valence-corrected chi connectivity index (χ3v) is 7.16. The number of ether oxygens (including phenoxy) is 4. The summed E-state index contributed by atoms with van der Waals surface area (Å²) in [6.45, 7) is 0. The standard InChI is InChI=1S/C30H28O6S/c1-33-26-14-13-24(29(35-3)30(26)36-4)19-9-7-10-21(16-19)25(31)17-20-8-5-6-11-23(20)27-15-12-22(37-27)18-28(32)34-2/h5-16H,17-18H2,1-4H3. The molecule has 1 heterocycles. The topological polar surface area (TPSA) is 71.1 Å². The van der Waals surface area contributed by atoms with E-state index in [2.05, 4.69) is 0 Å². The minimum atomic E-state index is -0.275. The Hall–Kier alpha value is -4.10. The van der Waals surface area contributed by atoms with Gasteiger partial charge >= 0.3 is 5.97 Å². The molecule has 0 aliphatic heterocycles. The Bertz CT molecular complexity index is 1420. The maximum atomic E-state index is 13.4. The van der Waals surface area contributed by atoms with Crippen molar-refractivity contribution in [1.29, 1.82) is 0 Å². The van der Waals surface area contributed by atoms with Crippen LogP contribution in [0.1, 0.15) is 20.8 Å². The summed E-state index contributed by atoms with van der Waals surface area (Å²) in [6.07, 6.45) is 0.474. The van der Waals surface area contributed by atoms with Gasteiger partial charge in [-0.05, 0) is 47.0 Å². The zero-order chi connectivity index (χ0) is 26.4. The highest BCUT2D eigenvalue weighted by Gasteiger charge is 2.19. The van der Waals surface area contributed by atoms with Gasteiger partial charge in [-0.2, -0.15) is 0 Å². The summed E-state index contributed by atoms with van der Waals surface area (Å²) < 4.78 is 21.3. The number of Topliss-reactive ketones (excluding diaryl/α,β-unsaturated/α-hetero) is 1. The van der Waals surface area contributed by atoms with Crippen LogP contribution in [0.25, 0.3) is 21.6 Å². The molecular formula is C30H28O6S. The van der Waals surface area contributed by atoms with Crippen LogP contribution in [0, 0.1) is 0 Å². The van der Waals surface area contributed by atoms with Crippen molar-refractivity contribution in [3.05, 3.63) is 88.8 Å². The van der Waals surface area contributed by atoms with Crippen LogP contribution < -0.4 is 14.2 Å². The molecule has 0 N–H and O–H groups in total. The van der Waals surface area contributed by atoms with Gasteiger partial charge in [-0.15, -0.1) is 11.3 Å². The SMILES string of the molecule is COC(=O)Cc1ccc(-c2ccccc2CC(=O)c2cccc(-c3ccc(OC)c(OC)c3OC)c2)s1. The van der Waals surface area contributed by atoms with E-state index in [4.69, 9.17) is 18.9 Å². The molecule has 0 amide bonds. The molecule has 190 valence electrons. The van der Waals surface area contributed by atoms with Crippen LogP contribution in [0.2, 0.25) is 0 Å². The molecule has 0 atom stereocenters. The first kappa shape index (κ1) is 26.0. The second-order valence-electron chi connectivity index (χ2n) is 8.24. The summed E-state index contributed by atoms with van der Waals surface area (Å²) in [5.74, 6) is 1.33. The molecule has 0 fully saturated rings. The summed E-state index contributed by atoms with van der Waals surface area (Å²) in [5, 5.41) is 0.